The van der Waals surface area contributed by atoms with Crippen LogP contribution in [0.2, 0.25) is 0 Å². The molecule has 12 heteroatoms. The molecular formula is C31H31F5N2O5. The van der Waals surface area contributed by atoms with Crippen LogP contribution in [0.5, 0.6) is 0 Å². The lowest BCUT2D eigenvalue weighted by Crippen LogP contribution is -2.44. The number of nitrogens with one attached hydrogen (secondary N) is 1. The molecule has 2 fully saturated rings. The fraction of sp³-hybridized carbons (Fsp3) is 0.387. The summed E-state index contributed by atoms with van der Waals surface area (Å²) in [4.78, 5) is 14.5. The Balaban J connectivity index is 1.31. The van der Waals surface area contributed by atoms with Gasteiger partial charge in [0, 0.05) is 37.7 Å². The van der Waals surface area contributed by atoms with Gasteiger partial charge in [-0.1, -0.05) is 55.5 Å². The van der Waals surface area contributed by atoms with Crippen LogP contribution >= 0.6 is 0 Å². The van der Waals surface area contributed by atoms with Gasteiger partial charge < -0.3 is 25.0 Å². The summed E-state index contributed by atoms with van der Waals surface area (Å²) in [6.07, 6.45) is -1.05. The molecule has 2 aliphatic rings. The first kappa shape index (κ1) is 31.0. The Morgan fingerprint density at radius 2 is 1.47 bits per heavy atom. The standard InChI is InChI=1S/C31H31F5N2O5/c1-16-22(14-38-11-10-21(40)13-38)42-31(43-29(16)19-6-4-18(15-39)5-7-19)20-8-2-17(3-9-20)12-37-30(41)23-24(32)26(34)28(36)27(35)25(23)33/h2-9,16,21-22,29,31,39-40H,10-15H2,1H3,(H,37,41). The molecule has 5 atom stereocenters. The van der Waals surface area contributed by atoms with Gasteiger partial charge in [-0.25, -0.2) is 22.0 Å². The number of β-amino-alcohol motifs (C(OH)–C–C–N with tert-alkyl or cyclic N) is 1. The Morgan fingerprint density at radius 1 is 0.884 bits per heavy atom. The lowest BCUT2D eigenvalue weighted by Gasteiger charge is -2.42. The highest BCUT2D eigenvalue weighted by Crippen LogP contribution is 2.42. The molecule has 0 aliphatic carbocycles. The van der Waals surface area contributed by atoms with Crippen molar-refractivity contribution < 1.29 is 46.4 Å². The summed E-state index contributed by atoms with van der Waals surface area (Å²) in [6.45, 7) is 3.60. The zero-order valence-corrected chi connectivity index (χ0v) is 23.2. The van der Waals surface area contributed by atoms with E-state index in [1.165, 1.54) is 0 Å². The molecule has 3 aromatic rings. The number of rotatable bonds is 8. The highest BCUT2D eigenvalue weighted by atomic mass is 19.2. The van der Waals surface area contributed by atoms with Crippen LogP contribution in [-0.4, -0.2) is 52.9 Å². The molecular weight excluding hydrogens is 575 g/mol. The minimum Gasteiger partial charge on any atom is -0.392 e. The van der Waals surface area contributed by atoms with Crippen LogP contribution in [0.15, 0.2) is 48.5 Å². The summed E-state index contributed by atoms with van der Waals surface area (Å²) in [5, 5.41) is 21.6. The predicted molar refractivity (Wildman–Crippen MR) is 144 cm³/mol. The molecule has 5 rings (SSSR count). The van der Waals surface area contributed by atoms with E-state index in [1.807, 2.05) is 31.2 Å². The number of carbonyl (C=O) groups is 1. The molecule has 0 spiro atoms. The van der Waals surface area contributed by atoms with Gasteiger partial charge in [0.25, 0.3) is 5.91 Å². The van der Waals surface area contributed by atoms with E-state index in [0.29, 0.717) is 30.6 Å². The molecule has 230 valence electrons. The topological polar surface area (TPSA) is 91.3 Å². The maximum Gasteiger partial charge on any atom is 0.257 e. The first-order chi connectivity index (χ1) is 20.6. The Hall–Kier alpha value is -3.42. The number of carbonyl (C=O) groups excluding carboxylic acids is 1. The van der Waals surface area contributed by atoms with Crippen LogP contribution in [0.25, 0.3) is 0 Å². The number of hydrogen-bond acceptors (Lipinski definition) is 6. The Morgan fingerprint density at radius 3 is 2.05 bits per heavy atom. The number of halogens is 5. The maximum atomic E-state index is 14.0. The van der Waals surface area contributed by atoms with Crippen molar-refractivity contribution in [2.45, 2.75) is 51.1 Å². The van der Waals surface area contributed by atoms with Gasteiger partial charge in [-0.15, -0.1) is 0 Å². The molecule has 1 amide bonds. The summed E-state index contributed by atoms with van der Waals surface area (Å²) < 4.78 is 81.1. The number of aliphatic hydroxyl groups excluding tert-OH is 2. The zero-order valence-electron chi connectivity index (χ0n) is 23.2. The molecule has 2 saturated heterocycles. The second-order valence-electron chi connectivity index (χ2n) is 10.9. The quantitative estimate of drug-likeness (QED) is 0.196. The van der Waals surface area contributed by atoms with Crippen molar-refractivity contribution in [2.75, 3.05) is 19.6 Å². The van der Waals surface area contributed by atoms with E-state index in [1.54, 1.807) is 24.3 Å². The van der Waals surface area contributed by atoms with Gasteiger partial charge in [0.15, 0.2) is 29.6 Å². The maximum absolute atomic E-state index is 14.0. The predicted octanol–water partition coefficient (Wildman–Crippen LogP) is 4.66. The first-order valence-electron chi connectivity index (χ1n) is 13.9. The van der Waals surface area contributed by atoms with Gasteiger partial charge in [0.05, 0.1) is 24.9 Å². The van der Waals surface area contributed by atoms with Crippen LogP contribution in [0.1, 0.15) is 58.4 Å². The lowest BCUT2D eigenvalue weighted by atomic mass is 9.90. The van der Waals surface area contributed by atoms with Gasteiger partial charge >= 0.3 is 0 Å². The second-order valence-corrected chi connectivity index (χ2v) is 10.9. The number of likely N-dealkylation sites (tertiary alicyclic amines) is 1. The van der Waals surface area contributed by atoms with E-state index in [0.717, 1.165) is 17.7 Å². The van der Waals surface area contributed by atoms with E-state index < -0.39 is 46.8 Å². The van der Waals surface area contributed by atoms with Crippen molar-refractivity contribution in [1.82, 2.24) is 10.2 Å². The SMILES string of the molecule is CC1C(CN2CCC(O)C2)OC(c2ccc(CNC(=O)c3c(F)c(F)c(F)c(F)c3F)cc2)OC1c1ccc(CO)cc1. The normalized spacial score (nSPS) is 24.3. The molecule has 2 heterocycles. The second kappa shape index (κ2) is 13.1. The third-order valence-corrected chi connectivity index (χ3v) is 7.95. The highest BCUT2D eigenvalue weighted by molar-refractivity contribution is 5.94. The summed E-state index contributed by atoms with van der Waals surface area (Å²) >= 11 is 0. The third-order valence-electron chi connectivity index (χ3n) is 7.95. The molecule has 0 bridgehead atoms. The molecule has 5 unspecified atom stereocenters. The van der Waals surface area contributed by atoms with E-state index in [4.69, 9.17) is 9.47 Å². The van der Waals surface area contributed by atoms with Crippen LogP contribution in [0.3, 0.4) is 0 Å². The average Bonchev–Trinajstić information content (AvgIpc) is 3.43. The van der Waals surface area contributed by atoms with E-state index in [-0.39, 0.29) is 37.4 Å². The summed E-state index contributed by atoms with van der Waals surface area (Å²) in [5.41, 5.74) is 1.28. The number of amides is 1. The molecule has 0 aromatic heterocycles. The molecule has 3 aromatic carbocycles. The molecule has 3 N–H and O–H groups in total. The summed E-state index contributed by atoms with van der Waals surface area (Å²) in [7, 11) is 0. The zero-order chi connectivity index (χ0) is 30.8. The Kier molecular flexibility index (Phi) is 9.42. The summed E-state index contributed by atoms with van der Waals surface area (Å²) in [5.74, 6) is -12.6. The Labute approximate surface area is 244 Å². The van der Waals surface area contributed by atoms with Crippen molar-refractivity contribution in [1.29, 1.82) is 0 Å². The van der Waals surface area contributed by atoms with Gasteiger partial charge in [-0.3, -0.25) is 9.69 Å². The minimum absolute atomic E-state index is 0.0506. The minimum atomic E-state index is -2.34. The van der Waals surface area contributed by atoms with E-state index >= 15 is 0 Å². The highest BCUT2D eigenvalue weighted by Gasteiger charge is 2.40. The van der Waals surface area contributed by atoms with Crippen molar-refractivity contribution in [3.63, 3.8) is 0 Å². The number of nitrogens with zero attached hydrogens (tertiary/aromatic N) is 1. The average molecular weight is 607 g/mol. The fourth-order valence-corrected chi connectivity index (χ4v) is 5.43. The Bertz CT molecular complexity index is 1430. The molecule has 0 radical (unpaired) electrons. The molecule has 2 aliphatic heterocycles. The van der Waals surface area contributed by atoms with E-state index in [2.05, 4.69) is 10.2 Å². The van der Waals surface area contributed by atoms with Crippen LogP contribution in [-0.2, 0) is 22.6 Å². The molecule has 43 heavy (non-hydrogen) atoms. The first-order valence-corrected chi connectivity index (χ1v) is 13.9. The van der Waals surface area contributed by atoms with Crippen LogP contribution < -0.4 is 5.32 Å². The number of hydrogen-bond donors (Lipinski definition) is 3. The number of aliphatic hydroxyl groups is 2. The number of ether oxygens (including phenoxy) is 2. The number of benzene rings is 3. The monoisotopic (exact) mass is 606 g/mol. The largest absolute Gasteiger partial charge is 0.392 e. The van der Waals surface area contributed by atoms with Crippen molar-refractivity contribution in [3.8, 4) is 0 Å². The summed E-state index contributed by atoms with van der Waals surface area (Å²) in [6, 6.07) is 14.1. The van der Waals surface area contributed by atoms with Crippen LogP contribution in [0.4, 0.5) is 22.0 Å². The van der Waals surface area contributed by atoms with Gasteiger partial charge in [0.1, 0.15) is 5.56 Å². The van der Waals surface area contributed by atoms with Crippen LogP contribution in [0, 0.1) is 35.0 Å². The smallest absolute Gasteiger partial charge is 0.257 e. The van der Waals surface area contributed by atoms with Crippen molar-refractivity contribution in [2.24, 2.45) is 5.92 Å². The fourth-order valence-electron chi connectivity index (χ4n) is 5.43. The van der Waals surface area contributed by atoms with Gasteiger partial charge in [0.2, 0.25) is 5.82 Å². The van der Waals surface area contributed by atoms with E-state index in [9.17, 15) is 37.0 Å². The molecule has 0 saturated carbocycles. The third kappa shape index (κ3) is 6.58. The van der Waals surface area contributed by atoms with Crippen molar-refractivity contribution >= 4 is 5.91 Å². The lowest BCUT2D eigenvalue weighted by molar-refractivity contribution is -0.276. The van der Waals surface area contributed by atoms with Gasteiger partial charge in [-0.05, 0) is 23.1 Å². The molecule has 7 nitrogen and oxygen atoms in total. The van der Waals surface area contributed by atoms with Gasteiger partial charge in [-0.2, -0.15) is 0 Å². The van der Waals surface area contributed by atoms with Crippen molar-refractivity contribution in [3.05, 3.63) is 105 Å².